The maximum atomic E-state index is 10.5. The van der Waals surface area contributed by atoms with Gasteiger partial charge in [-0.2, -0.15) is 0 Å². The number of para-hydroxylation sites is 1. The fourth-order valence-electron chi connectivity index (χ4n) is 3.25. The van der Waals surface area contributed by atoms with E-state index in [0.29, 0.717) is 18.3 Å². The summed E-state index contributed by atoms with van der Waals surface area (Å²) in [5.41, 5.74) is 1.28. The molecule has 2 rings (SSSR count). The molecule has 1 aliphatic heterocycles. The Bertz CT molecular complexity index is 527. The van der Waals surface area contributed by atoms with Crippen LogP contribution in [0.5, 0.6) is 5.75 Å². The quantitative estimate of drug-likeness (QED) is 0.786. The molecule has 0 radical (unpaired) electrons. The highest BCUT2D eigenvalue weighted by Gasteiger charge is 2.32. The number of nitrogens with zero attached hydrogens (tertiary/aromatic N) is 1. The lowest BCUT2D eigenvalue weighted by atomic mass is 9.86. The van der Waals surface area contributed by atoms with Gasteiger partial charge in [-0.3, -0.25) is 4.79 Å². The summed E-state index contributed by atoms with van der Waals surface area (Å²) < 4.78 is 5.51. The Morgan fingerprint density at radius 3 is 2.86 bits per heavy atom. The predicted octanol–water partition coefficient (Wildman–Crippen LogP) is 3.15. The van der Waals surface area contributed by atoms with E-state index < -0.39 is 5.97 Å². The first-order valence-electron chi connectivity index (χ1n) is 7.80. The fourth-order valence-corrected chi connectivity index (χ4v) is 3.25. The Labute approximate surface area is 132 Å². The molecule has 1 saturated heterocycles. The zero-order valence-corrected chi connectivity index (χ0v) is 13.4. The second kappa shape index (κ2) is 7.99. The number of aliphatic carboxylic acids is 1. The topological polar surface area (TPSA) is 49.8 Å². The highest BCUT2D eigenvalue weighted by molar-refractivity contribution is 5.66. The van der Waals surface area contributed by atoms with E-state index in [9.17, 15) is 4.79 Å². The molecule has 1 heterocycles. The molecule has 4 heteroatoms. The van der Waals surface area contributed by atoms with E-state index in [1.807, 2.05) is 18.2 Å². The van der Waals surface area contributed by atoms with Crippen molar-refractivity contribution in [3.05, 3.63) is 42.0 Å². The van der Waals surface area contributed by atoms with Crippen LogP contribution in [0.4, 0.5) is 0 Å². The number of benzene rings is 1. The minimum Gasteiger partial charge on any atom is -0.496 e. The molecule has 1 fully saturated rings. The summed E-state index contributed by atoms with van der Waals surface area (Å²) in [6.45, 7) is 2.10. The average Bonchev–Trinajstić information content (AvgIpc) is 2.87. The van der Waals surface area contributed by atoms with E-state index in [-0.39, 0.29) is 6.42 Å². The molecule has 0 aromatic heterocycles. The lowest BCUT2D eigenvalue weighted by molar-refractivity contribution is -0.136. The highest BCUT2D eigenvalue weighted by atomic mass is 16.5. The van der Waals surface area contributed by atoms with Crippen molar-refractivity contribution in [2.24, 2.45) is 5.92 Å². The lowest BCUT2D eigenvalue weighted by Crippen LogP contribution is -2.13. The first-order valence-corrected chi connectivity index (χ1v) is 7.80. The molecule has 1 aliphatic rings. The third-order valence-electron chi connectivity index (χ3n) is 4.29. The monoisotopic (exact) mass is 303 g/mol. The molecule has 0 spiro atoms. The van der Waals surface area contributed by atoms with Crippen molar-refractivity contribution >= 4 is 5.97 Å². The van der Waals surface area contributed by atoms with E-state index in [1.54, 1.807) is 7.11 Å². The first-order chi connectivity index (χ1) is 10.6. The molecular weight excluding hydrogens is 278 g/mol. The van der Waals surface area contributed by atoms with Crippen LogP contribution in [0, 0.1) is 5.92 Å². The fraction of sp³-hybridized carbons (Fsp3) is 0.500. The number of hydrogen-bond acceptors (Lipinski definition) is 3. The number of methoxy groups -OCH3 is 1. The third kappa shape index (κ3) is 4.34. The van der Waals surface area contributed by atoms with Crippen molar-refractivity contribution in [1.82, 2.24) is 4.90 Å². The van der Waals surface area contributed by atoms with Gasteiger partial charge in [0.25, 0.3) is 0 Å². The Kier molecular flexibility index (Phi) is 6.01. The summed E-state index contributed by atoms with van der Waals surface area (Å²) in [4.78, 5) is 12.9. The molecule has 1 N–H and O–H groups in total. The average molecular weight is 303 g/mol. The first kappa shape index (κ1) is 16.6. The number of carboxylic acids is 1. The summed E-state index contributed by atoms with van der Waals surface area (Å²) in [6, 6.07) is 8.24. The van der Waals surface area contributed by atoms with E-state index in [0.717, 1.165) is 25.3 Å². The maximum absolute atomic E-state index is 10.5. The van der Waals surface area contributed by atoms with E-state index in [4.69, 9.17) is 9.84 Å². The number of likely N-dealkylation sites (tertiary alicyclic amines) is 1. The van der Waals surface area contributed by atoms with Gasteiger partial charge in [0.2, 0.25) is 0 Å². The predicted molar refractivity (Wildman–Crippen MR) is 87.3 cm³/mol. The van der Waals surface area contributed by atoms with Gasteiger partial charge in [-0.15, -0.1) is 0 Å². The SMILES string of the molecule is COc1ccccc1[C@H]1CN(C)C[C@@H]1C/C=C\CCC(=O)O. The van der Waals surface area contributed by atoms with Crippen molar-refractivity contribution in [3.63, 3.8) is 0 Å². The van der Waals surface area contributed by atoms with Crippen LogP contribution >= 0.6 is 0 Å². The Balaban J connectivity index is 2.01. The smallest absolute Gasteiger partial charge is 0.303 e. The summed E-state index contributed by atoms with van der Waals surface area (Å²) >= 11 is 0. The standard InChI is InChI=1S/C18H25NO3/c1-19-12-14(8-4-3-5-11-18(20)21)16(13-19)15-9-6-7-10-17(15)22-2/h3-4,6-7,9-10,14,16H,5,8,11-13H2,1-2H3,(H,20,21)/b4-3-/t14-,16-/m0/s1. The highest BCUT2D eigenvalue weighted by Crippen LogP contribution is 2.38. The summed E-state index contributed by atoms with van der Waals surface area (Å²) in [7, 11) is 3.87. The van der Waals surface area contributed by atoms with Crippen LogP contribution in [0.2, 0.25) is 0 Å². The third-order valence-corrected chi connectivity index (χ3v) is 4.29. The molecule has 0 bridgehead atoms. The second-order valence-corrected chi connectivity index (χ2v) is 5.97. The molecule has 1 aromatic rings. The van der Waals surface area contributed by atoms with Crippen LogP contribution < -0.4 is 4.74 Å². The molecule has 120 valence electrons. The van der Waals surface area contributed by atoms with Crippen LogP contribution in [0.15, 0.2) is 36.4 Å². The van der Waals surface area contributed by atoms with Crippen molar-refractivity contribution in [1.29, 1.82) is 0 Å². The number of ether oxygens (including phenoxy) is 1. The lowest BCUT2D eigenvalue weighted by Gasteiger charge is -2.20. The van der Waals surface area contributed by atoms with Crippen molar-refractivity contribution in [3.8, 4) is 5.75 Å². The van der Waals surface area contributed by atoms with Crippen LogP contribution in [-0.4, -0.2) is 43.2 Å². The molecule has 2 atom stereocenters. The van der Waals surface area contributed by atoms with Crippen LogP contribution in [0.25, 0.3) is 0 Å². The zero-order chi connectivity index (χ0) is 15.9. The zero-order valence-electron chi connectivity index (χ0n) is 13.4. The van der Waals surface area contributed by atoms with Crippen LogP contribution in [-0.2, 0) is 4.79 Å². The van der Waals surface area contributed by atoms with Gasteiger partial charge in [0.1, 0.15) is 5.75 Å². The minimum absolute atomic E-state index is 0.205. The number of carbonyl (C=O) groups is 1. The Morgan fingerprint density at radius 1 is 1.36 bits per heavy atom. The molecule has 22 heavy (non-hydrogen) atoms. The van der Waals surface area contributed by atoms with Crippen LogP contribution in [0.1, 0.15) is 30.7 Å². The van der Waals surface area contributed by atoms with Crippen molar-refractivity contribution in [2.45, 2.75) is 25.2 Å². The minimum atomic E-state index is -0.739. The molecule has 0 amide bonds. The van der Waals surface area contributed by atoms with E-state index in [1.165, 1.54) is 5.56 Å². The number of likely N-dealkylation sites (N-methyl/N-ethyl adjacent to an activating group) is 1. The maximum Gasteiger partial charge on any atom is 0.303 e. The van der Waals surface area contributed by atoms with Gasteiger partial charge in [-0.1, -0.05) is 30.4 Å². The van der Waals surface area contributed by atoms with Crippen LogP contribution in [0.3, 0.4) is 0 Å². The molecular formula is C18H25NO3. The second-order valence-electron chi connectivity index (χ2n) is 5.97. The number of hydrogen-bond donors (Lipinski definition) is 1. The molecule has 0 saturated carbocycles. The number of allylic oxidation sites excluding steroid dienone is 2. The number of carboxylic acid groups (broad SMARTS) is 1. The van der Waals surface area contributed by atoms with Crippen molar-refractivity contribution < 1.29 is 14.6 Å². The summed E-state index contributed by atoms with van der Waals surface area (Å²) in [6.07, 6.45) is 5.92. The van der Waals surface area contributed by atoms with Crippen molar-refractivity contribution in [2.75, 3.05) is 27.2 Å². The normalized spacial score (nSPS) is 22.3. The van der Waals surface area contributed by atoms with Gasteiger partial charge in [0.15, 0.2) is 0 Å². The Morgan fingerprint density at radius 2 is 2.14 bits per heavy atom. The van der Waals surface area contributed by atoms with Gasteiger partial charge in [-0.05, 0) is 37.4 Å². The largest absolute Gasteiger partial charge is 0.496 e. The van der Waals surface area contributed by atoms with Gasteiger partial charge in [0, 0.05) is 25.4 Å². The molecule has 0 unspecified atom stereocenters. The molecule has 1 aromatic carbocycles. The van der Waals surface area contributed by atoms with Gasteiger partial charge >= 0.3 is 5.97 Å². The van der Waals surface area contributed by atoms with Gasteiger partial charge in [-0.25, -0.2) is 0 Å². The van der Waals surface area contributed by atoms with Gasteiger partial charge < -0.3 is 14.7 Å². The van der Waals surface area contributed by atoms with E-state index >= 15 is 0 Å². The van der Waals surface area contributed by atoms with Gasteiger partial charge in [0.05, 0.1) is 7.11 Å². The molecule has 0 aliphatic carbocycles. The summed E-state index contributed by atoms with van der Waals surface area (Å²) in [5, 5.41) is 8.65. The molecule has 4 nitrogen and oxygen atoms in total. The van der Waals surface area contributed by atoms with E-state index in [2.05, 4.69) is 30.2 Å². The summed E-state index contributed by atoms with van der Waals surface area (Å²) in [5.74, 6) is 1.23. The Hall–Kier alpha value is -1.81. The number of rotatable bonds is 7.